The Morgan fingerprint density at radius 3 is 3.04 bits per heavy atom. The molecule has 0 aliphatic carbocycles. The Morgan fingerprint density at radius 2 is 2.19 bits per heavy atom. The van der Waals surface area contributed by atoms with Crippen molar-refractivity contribution >= 4 is 33.5 Å². The third kappa shape index (κ3) is 3.65. The van der Waals surface area contributed by atoms with Crippen LogP contribution in [0.2, 0.25) is 0 Å². The van der Waals surface area contributed by atoms with Gasteiger partial charge in [0, 0.05) is 29.3 Å². The van der Waals surface area contributed by atoms with E-state index in [1.165, 1.54) is 0 Å². The molecule has 2 aromatic heterocycles. The van der Waals surface area contributed by atoms with Gasteiger partial charge in [0.1, 0.15) is 17.4 Å². The number of aliphatic hydroxyl groups is 1. The summed E-state index contributed by atoms with van der Waals surface area (Å²) in [6.07, 6.45) is 6.57. The van der Waals surface area contributed by atoms with Gasteiger partial charge in [-0.25, -0.2) is 9.97 Å². The van der Waals surface area contributed by atoms with Gasteiger partial charge in [-0.3, -0.25) is 4.99 Å². The number of hydrogen-bond acceptors (Lipinski definition) is 6. The number of aliphatic imine (C=N–C) groups is 1. The van der Waals surface area contributed by atoms with Crippen LogP contribution in [0.4, 0.5) is 5.82 Å². The fourth-order valence-electron chi connectivity index (χ4n) is 3.06. The Bertz CT molecular complexity index is 1070. The molecule has 1 aliphatic heterocycles. The molecule has 0 unspecified atom stereocenters. The molecule has 5 nitrogen and oxygen atoms in total. The Labute approximate surface area is 161 Å². The molecule has 4 rings (SSSR count). The Hall–Kier alpha value is -2.88. The number of nitrogens with zero attached hydrogens (tertiary/aromatic N) is 3. The number of nitrogen functional groups attached to an aromatic ring is 1. The summed E-state index contributed by atoms with van der Waals surface area (Å²) in [6, 6.07) is 14.2. The summed E-state index contributed by atoms with van der Waals surface area (Å²) in [5.74, 6) is 3.61. The topological polar surface area (TPSA) is 84.4 Å². The quantitative estimate of drug-likeness (QED) is 0.683. The van der Waals surface area contributed by atoms with Crippen LogP contribution in [0.15, 0.2) is 53.7 Å². The fourth-order valence-corrected chi connectivity index (χ4v) is 4.16. The summed E-state index contributed by atoms with van der Waals surface area (Å²) in [5.41, 5.74) is 9.65. The number of anilines is 1. The Morgan fingerprint density at radius 1 is 1.30 bits per heavy atom. The number of nitrogens with two attached hydrogens (primary N) is 1. The van der Waals surface area contributed by atoms with Gasteiger partial charge in [-0.2, -0.15) is 0 Å². The zero-order valence-corrected chi connectivity index (χ0v) is 15.4. The van der Waals surface area contributed by atoms with E-state index >= 15 is 0 Å². The van der Waals surface area contributed by atoms with E-state index in [4.69, 9.17) is 22.1 Å². The van der Waals surface area contributed by atoms with E-state index in [9.17, 15) is 5.11 Å². The number of rotatable bonds is 4. The van der Waals surface area contributed by atoms with E-state index in [0.29, 0.717) is 17.8 Å². The number of aromatic nitrogens is 2. The van der Waals surface area contributed by atoms with Crippen LogP contribution in [-0.4, -0.2) is 32.0 Å². The first-order chi connectivity index (χ1) is 13.1. The van der Waals surface area contributed by atoms with Gasteiger partial charge in [-0.1, -0.05) is 30.2 Å². The number of terminal acetylenes is 1. The smallest absolute Gasteiger partial charge is 0.149 e. The molecule has 1 aromatic carbocycles. The van der Waals surface area contributed by atoms with Crippen molar-refractivity contribution in [1.29, 1.82) is 0 Å². The van der Waals surface area contributed by atoms with Gasteiger partial charge in [-0.05, 0) is 23.8 Å². The van der Waals surface area contributed by atoms with E-state index in [1.807, 2.05) is 30.3 Å². The summed E-state index contributed by atoms with van der Waals surface area (Å²) in [7, 11) is 0. The highest BCUT2D eigenvalue weighted by Gasteiger charge is 2.21. The lowest BCUT2D eigenvalue weighted by Crippen LogP contribution is -2.06. The normalized spacial score (nSPS) is 17.5. The van der Waals surface area contributed by atoms with Crippen molar-refractivity contribution in [1.82, 2.24) is 9.97 Å². The van der Waals surface area contributed by atoms with Crippen molar-refractivity contribution < 1.29 is 5.11 Å². The lowest BCUT2D eigenvalue weighted by atomic mass is 10.0. The first-order valence-electron chi connectivity index (χ1n) is 8.59. The second kappa shape index (κ2) is 7.39. The van der Waals surface area contributed by atoms with Crippen molar-refractivity contribution in [2.45, 2.75) is 18.6 Å². The molecular weight excluding hydrogens is 356 g/mol. The highest BCUT2D eigenvalue weighted by Crippen LogP contribution is 2.34. The van der Waals surface area contributed by atoms with E-state index in [-0.39, 0.29) is 6.04 Å². The molecule has 0 radical (unpaired) electrons. The number of aliphatic hydroxyl groups excluding tert-OH is 1. The minimum absolute atomic E-state index is 0.0575. The van der Waals surface area contributed by atoms with Gasteiger partial charge in [-0.15, -0.1) is 18.2 Å². The largest absolute Gasteiger partial charge is 0.382 e. The summed E-state index contributed by atoms with van der Waals surface area (Å²) in [4.78, 5) is 13.5. The second-order valence-corrected chi connectivity index (χ2v) is 7.42. The maximum Gasteiger partial charge on any atom is 0.149 e. The maximum absolute atomic E-state index is 9.62. The predicted octanol–water partition coefficient (Wildman–Crippen LogP) is 3.45. The SMILES string of the molecule is C#C[C@H](O)CC1=N[C@H](c2cccc(-c3ccc4ccnc(N)c4n3)c2)CS1. The average Bonchev–Trinajstić information content (AvgIpc) is 3.16. The molecule has 0 saturated heterocycles. The van der Waals surface area contributed by atoms with Crippen molar-refractivity contribution in [2.24, 2.45) is 4.99 Å². The van der Waals surface area contributed by atoms with Gasteiger partial charge in [0.25, 0.3) is 0 Å². The highest BCUT2D eigenvalue weighted by atomic mass is 32.2. The molecule has 2 atom stereocenters. The molecule has 0 spiro atoms. The predicted molar refractivity (Wildman–Crippen MR) is 111 cm³/mol. The molecule has 0 fully saturated rings. The molecule has 3 heterocycles. The summed E-state index contributed by atoms with van der Waals surface area (Å²) >= 11 is 1.65. The minimum Gasteiger partial charge on any atom is -0.382 e. The standard InChI is InChI=1S/C21H18N4OS/c1-2-16(26)11-19-24-18(12-27-19)15-5-3-4-14(10-15)17-7-6-13-8-9-23-21(22)20(13)25-17/h1,3-10,16,18,26H,11-12H2,(H2,22,23)/t16-,18-/m0/s1. The number of thioether (sulfide) groups is 1. The Kier molecular flexibility index (Phi) is 4.80. The van der Waals surface area contributed by atoms with Gasteiger partial charge < -0.3 is 10.8 Å². The summed E-state index contributed by atoms with van der Waals surface area (Å²) < 4.78 is 0. The van der Waals surface area contributed by atoms with E-state index in [1.54, 1.807) is 18.0 Å². The average molecular weight is 374 g/mol. The number of hydrogen-bond donors (Lipinski definition) is 2. The van der Waals surface area contributed by atoms with Crippen LogP contribution < -0.4 is 5.73 Å². The zero-order valence-electron chi connectivity index (χ0n) is 14.5. The van der Waals surface area contributed by atoms with Gasteiger partial charge in [0.05, 0.1) is 16.8 Å². The van der Waals surface area contributed by atoms with Crippen molar-refractivity contribution in [3.63, 3.8) is 0 Å². The number of fused-ring (bicyclic) bond motifs is 1. The summed E-state index contributed by atoms with van der Waals surface area (Å²) in [6.45, 7) is 0. The van der Waals surface area contributed by atoms with Crippen LogP contribution in [0.25, 0.3) is 22.2 Å². The minimum atomic E-state index is -0.776. The van der Waals surface area contributed by atoms with E-state index in [0.717, 1.165) is 33.0 Å². The number of pyridine rings is 2. The molecule has 3 aromatic rings. The summed E-state index contributed by atoms with van der Waals surface area (Å²) in [5, 5.41) is 11.5. The molecular formula is C21H18N4OS. The lowest BCUT2D eigenvalue weighted by molar-refractivity contribution is 0.242. The van der Waals surface area contributed by atoms with Gasteiger partial charge in [0.15, 0.2) is 0 Å². The Balaban J connectivity index is 1.64. The van der Waals surface area contributed by atoms with Crippen molar-refractivity contribution in [3.05, 3.63) is 54.2 Å². The molecule has 0 saturated carbocycles. The van der Waals surface area contributed by atoms with Crippen LogP contribution in [0.5, 0.6) is 0 Å². The van der Waals surface area contributed by atoms with E-state index in [2.05, 4.69) is 23.0 Å². The van der Waals surface area contributed by atoms with Crippen molar-refractivity contribution in [3.8, 4) is 23.6 Å². The van der Waals surface area contributed by atoms with Crippen LogP contribution in [0, 0.1) is 12.3 Å². The number of benzene rings is 1. The van der Waals surface area contributed by atoms with Crippen LogP contribution in [0.1, 0.15) is 18.0 Å². The van der Waals surface area contributed by atoms with Crippen LogP contribution in [0.3, 0.4) is 0 Å². The zero-order chi connectivity index (χ0) is 18.8. The lowest BCUT2D eigenvalue weighted by Gasteiger charge is -2.10. The third-order valence-corrected chi connectivity index (χ3v) is 5.56. The molecule has 0 amide bonds. The highest BCUT2D eigenvalue weighted by molar-refractivity contribution is 8.14. The fraction of sp³-hybridized carbons (Fsp3) is 0.190. The molecule has 3 N–H and O–H groups in total. The van der Waals surface area contributed by atoms with Crippen LogP contribution in [-0.2, 0) is 0 Å². The van der Waals surface area contributed by atoms with E-state index < -0.39 is 6.10 Å². The van der Waals surface area contributed by atoms with Gasteiger partial charge >= 0.3 is 0 Å². The van der Waals surface area contributed by atoms with Crippen molar-refractivity contribution in [2.75, 3.05) is 11.5 Å². The second-order valence-electron chi connectivity index (χ2n) is 6.33. The molecule has 27 heavy (non-hydrogen) atoms. The first kappa shape index (κ1) is 17.5. The molecule has 0 bridgehead atoms. The monoisotopic (exact) mass is 374 g/mol. The third-order valence-electron chi connectivity index (χ3n) is 4.47. The molecule has 1 aliphatic rings. The van der Waals surface area contributed by atoms with Crippen LogP contribution >= 0.6 is 11.8 Å². The molecule has 134 valence electrons. The molecule has 6 heteroatoms. The maximum atomic E-state index is 9.62. The van der Waals surface area contributed by atoms with Gasteiger partial charge in [0.2, 0.25) is 0 Å². The first-order valence-corrected chi connectivity index (χ1v) is 9.58.